The van der Waals surface area contributed by atoms with Crippen LogP contribution in [0.15, 0.2) is 90.8 Å². The molecule has 0 spiro atoms. The minimum Gasteiger partial charge on any atom is -0.490 e. The van der Waals surface area contributed by atoms with Crippen molar-refractivity contribution < 1.29 is 52.4 Å². The molecule has 3 aliphatic heterocycles. The number of nitrogens with two attached hydrogens (primary N) is 1. The molecule has 2 atom stereocenters. The third-order valence-electron chi connectivity index (χ3n) is 12.7. The number of para-hydroxylation sites is 1. The lowest BCUT2D eigenvalue weighted by molar-refractivity contribution is -0.136. The van der Waals surface area contributed by atoms with Crippen LogP contribution >= 0.6 is 0 Å². The van der Waals surface area contributed by atoms with Crippen molar-refractivity contribution in [1.82, 2.24) is 34.9 Å². The third-order valence-corrected chi connectivity index (χ3v) is 12.7. The van der Waals surface area contributed by atoms with Crippen molar-refractivity contribution >= 4 is 46.4 Å². The number of nitrogens with one attached hydrogen (secondary N) is 1. The summed E-state index contributed by atoms with van der Waals surface area (Å²) in [6.45, 7) is 7.83. The van der Waals surface area contributed by atoms with E-state index in [9.17, 15) is 29.2 Å². The van der Waals surface area contributed by atoms with Crippen LogP contribution < -0.4 is 20.5 Å². The topological polar surface area (TPSA) is 253 Å². The van der Waals surface area contributed by atoms with Gasteiger partial charge in [-0.15, -0.1) is 0 Å². The smallest absolute Gasteiger partial charge is 0.266 e. The number of anilines is 1. The van der Waals surface area contributed by atoms with E-state index in [4.69, 9.17) is 39.3 Å². The molecule has 3 aliphatic rings. The van der Waals surface area contributed by atoms with Crippen LogP contribution in [0.25, 0.3) is 22.3 Å². The fourth-order valence-electron chi connectivity index (χ4n) is 9.08. The third kappa shape index (κ3) is 12.7. The number of amides is 5. The molecule has 73 heavy (non-hydrogen) atoms. The van der Waals surface area contributed by atoms with Crippen molar-refractivity contribution in [2.45, 2.75) is 64.5 Å². The highest BCUT2D eigenvalue weighted by Crippen LogP contribution is 2.37. The van der Waals surface area contributed by atoms with Crippen LogP contribution in [0.5, 0.6) is 17.2 Å². The number of allylic oxidation sites excluding steroid dienone is 1. The number of nitrogen functional groups attached to an aromatic ring is 1. The molecule has 8 rings (SSSR count). The Labute approximate surface area is 422 Å². The molecule has 0 saturated carbocycles. The van der Waals surface area contributed by atoms with Crippen molar-refractivity contribution in [2.75, 3.05) is 78.3 Å². The zero-order valence-electron chi connectivity index (χ0n) is 41.0. The first-order chi connectivity index (χ1) is 35.4. The summed E-state index contributed by atoms with van der Waals surface area (Å²) in [4.78, 5) is 75.6. The van der Waals surface area contributed by atoms with E-state index >= 15 is 0 Å². The van der Waals surface area contributed by atoms with Gasteiger partial charge in [0.25, 0.3) is 17.7 Å². The summed E-state index contributed by atoms with van der Waals surface area (Å²) in [6, 6.07) is 22.7. The lowest BCUT2D eigenvalue weighted by Crippen LogP contribution is -2.54. The number of aromatic nitrogens is 4. The number of rotatable bonds is 24. The molecule has 5 aromatic rings. The van der Waals surface area contributed by atoms with Crippen molar-refractivity contribution in [3.8, 4) is 34.6 Å². The van der Waals surface area contributed by atoms with Gasteiger partial charge in [-0.05, 0) is 86.1 Å². The Morgan fingerprint density at radius 1 is 0.836 bits per heavy atom. The summed E-state index contributed by atoms with van der Waals surface area (Å²) in [7, 11) is 0. The molecule has 0 radical (unpaired) electrons. The van der Waals surface area contributed by atoms with Gasteiger partial charge in [0.2, 0.25) is 11.8 Å². The van der Waals surface area contributed by atoms with Crippen LogP contribution in [0.3, 0.4) is 0 Å². The predicted molar refractivity (Wildman–Crippen MR) is 265 cm³/mol. The molecule has 20 heteroatoms. The van der Waals surface area contributed by atoms with Crippen LogP contribution in [-0.4, -0.2) is 138 Å². The van der Waals surface area contributed by atoms with Crippen molar-refractivity contribution in [2.24, 2.45) is 5.41 Å². The minimum absolute atomic E-state index is 0.0361. The molecule has 0 bridgehead atoms. The number of nitriles is 1. The van der Waals surface area contributed by atoms with Gasteiger partial charge in [-0.3, -0.25) is 34.2 Å². The number of carbonyl (C=O) groups is 5. The van der Waals surface area contributed by atoms with E-state index in [-0.39, 0.29) is 60.5 Å². The van der Waals surface area contributed by atoms with Gasteiger partial charge in [-0.1, -0.05) is 44.2 Å². The number of imide groups is 2. The van der Waals surface area contributed by atoms with E-state index < -0.39 is 35.1 Å². The Kier molecular flexibility index (Phi) is 17.2. The Morgan fingerprint density at radius 2 is 1.52 bits per heavy atom. The first-order valence-corrected chi connectivity index (χ1v) is 24.4. The number of likely N-dealkylation sites (tertiary alicyclic amines) is 1. The maximum Gasteiger partial charge on any atom is 0.266 e. The van der Waals surface area contributed by atoms with Gasteiger partial charge in [0.15, 0.2) is 5.65 Å². The summed E-state index contributed by atoms with van der Waals surface area (Å²) in [5.74, 6) is -0.744. The fourth-order valence-corrected chi connectivity index (χ4v) is 9.08. The second-order valence-corrected chi connectivity index (χ2v) is 18.4. The molecular formula is C53H59N9O11. The second kappa shape index (κ2) is 24.2. The van der Waals surface area contributed by atoms with E-state index in [1.54, 1.807) is 23.1 Å². The zero-order chi connectivity index (χ0) is 51.3. The molecule has 20 nitrogen and oxygen atoms in total. The number of carbonyl (C=O) groups excluding carboxylic acids is 5. The fraction of sp³-hybridized carbons (Fsp3) is 0.415. The number of nitrogens with zero attached hydrogens (tertiary/aromatic N) is 7. The second-order valence-electron chi connectivity index (χ2n) is 18.4. The molecule has 5 amide bonds. The van der Waals surface area contributed by atoms with Crippen LogP contribution in [0.2, 0.25) is 0 Å². The molecule has 2 fully saturated rings. The Hall–Kier alpha value is -7.57. The quantitative estimate of drug-likeness (QED) is 0.0319. The van der Waals surface area contributed by atoms with E-state index in [2.05, 4.69) is 21.4 Å². The number of fused-ring (bicyclic) bond motifs is 2. The highest BCUT2D eigenvalue weighted by atomic mass is 16.6. The molecule has 1 unspecified atom stereocenters. The molecule has 2 aromatic heterocycles. The van der Waals surface area contributed by atoms with Gasteiger partial charge in [0, 0.05) is 31.7 Å². The SMILES string of the molecule is CC(C)(/C=C(/C#N)C(=O)N1CCC[C@@H](n2nc(-c3ccc(Oc4ccccc4)cc3)c3c(N)ncnc32)C1)CCCOCCOCCOCCOCCOc1cccc2c1C(=O)N(C1CCC(=O)NC1=O)C2=O. The molecule has 3 aromatic carbocycles. The monoisotopic (exact) mass is 997 g/mol. The summed E-state index contributed by atoms with van der Waals surface area (Å²) >= 11 is 0. The normalized spacial score (nSPS) is 17.2. The van der Waals surface area contributed by atoms with Gasteiger partial charge in [-0.25, -0.2) is 14.6 Å². The number of piperidine rings is 2. The highest BCUT2D eigenvalue weighted by Gasteiger charge is 2.46. The highest BCUT2D eigenvalue weighted by molar-refractivity contribution is 6.24. The van der Waals surface area contributed by atoms with E-state index in [1.807, 2.05) is 73.1 Å². The average Bonchev–Trinajstić information content (AvgIpc) is 3.91. The maximum atomic E-state index is 13.9. The van der Waals surface area contributed by atoms with Gasteiger partial charge < -0.3 is 39.1 Å². The molecule has 2 saturated heterocycles. The average molecular weight is 998 g/mol. The molecule has 3 N–H and O–H groups in total. The molecule has 382 valence electrons. The first-order valence-electron chi connectivity index (χ1n) is 24.4. The number of ether oxygens (including phenoxy) is 6. The van der Waals surface area contributed by atoms with Crippen LogP contribution in [0.1, 0.15) is 79.1 Å². The number of hydrogen-bond acceptors (Lipinski definition) is 16. The summed E-state index contributed by atoms with van der Waals surface area (Å²) in [5, 5.41) is 18.0. The van der Waals surface area contributed by atoms with Crippen molar-refractivity contribution in [3.05, 3.63) is 102 Å². The van der Waals surface area contributed by atoms with Gasteiger partial charge in [-0.2, -0.15) is 10.4 Å². The van der Waals surface area contributed by atoms with Crippen molar-refractivity contribution in [3.63, 3.8) is 0 Å². The van der Waals surface area contributed by atoms with Gasteiger partial charge >= 0.3 is 0 Å². The Morgan fingerprint density at radius 3 is 2.22 bits per heavy atom. The Bertz CT molecular complexity index is 2860. The minimum atomic E-state index is -1.06. The summed E-state index contributed by atoms with van der Waals surface area (Å²) in [5.41, 5.74) is 8.33. The predicted octanol–water partition coefficient (Wildman–Crippen LogP) is 5.83. The van der Waals surface area contributed by atoms with Gasteiger partial charge in [0.1, 0.15) is 59.4 Å². The van der Waals surface area contributed by atoms with Crippen LogP contribution in [0.4, 0.5) is 5.82 Å². The molecular weight excluding hydrogens is 939 g/mol. The van der Waals surface area contributed by atoms with E-state index in [0.717, 1.165) is 29.1 Å². The molecule has 5 heterocycles. The van der Waals surface area contributed by atoms with Crippen LogP contribution in [-0.2, 0) is 33.3 Å². The lowest BCUT2D eigenvalue weighted by Gasteiger charge is -2.33. The largest absolute Gasteiger partial charge is 0.490 e. The van der Waals surface area contributed by atoms with E-state index in [1.165, 1.54) is 12.4 Å². The number of benzene rings is 3. The van der Waals surface area contributed by atoms with Crippen LogP contribution in [0, 0.1) is 16.7 Å². The zero-order valence-corrected chi connectivity index (χ0v) is 41.0. The van der Waals surface area contributed by atoms with Gasteiger partial charge in [0.05, 0.1) is 68.8 Å². The number of hydrogen-bond donors (Lipinski definition) is 2. The standard InChI is InChI=1S/C53H59N9O11/c1-53(2,20-8-22-68-23-24-69-25-26-70-27-28-71-29-30-72-42-13-6-12-40-44(42)52(67)61(51(40)66)41-18-19-43(63)58-49(41)64)31-36(32-54)50(65)60-21-7-9-37(33-60)62-48-45(47(55)56-34-57-48)46(59-62)35-14-16-39(17-15-35)73-38-10-4-3-5-11-38/h3-6,10-17,31,34,37,41H,7-9,18-30,33H2,1-2H3,(H2,55,56,57)(H,58,63,64)/b36-31-/t37-,41?/m1/s1. The maximum absolute atomic E-state index is 13.9. The van der Waals surface area contributed by atoms with E-state index in [0.29, 0.717) is 100 Å². The van der Waals surface area contributed by atoms with Crippen molar-refractivity contribution in [1.29, 1.82) is 5.26 Å². The summed E-state index contributed by atoms with van der Waals surface area (Å²) < 4.78 is 36.2. The Balaban J connectivity index is 0.699. The lowest BCUT2D eigenvalue weighted by atomic mass is 9.85. The summed E-state index contributed by atoms with van der Waals surface area (Å²) in [6.07, 6.45) is 6.18. The molecule has 0 aliphatic carbocycles. The first kappa shape index (κ1) is 51.8.